The van der Waals surface area contributed by atoms with Crippen LogP contribution in [-0.2, 0) is 9.59 Å². The number of nitrogens with one attached hydrogen (secondary N) is 1. The van der Waals surface area contributed by atoms with Crippen molar-refractivity contribution in [2.24, 2.45) is 11.8 Å². The molecule has 2 amide bonds. The van der Waals surface area contributed by atoms with E-state index < -0.39 is 0 Å². The molecular formula is C16H30ClN3O2. The summed E-state index contributed by atoms with van der Waals surface area (Å²) < 4.78 is 0. The van der Waals surface area contributed by atoms with Gasteiger partial charge in [0.15, 0.2) is 0 Å². The van der Waals surface area contributed by atoms with Crippen molar-refractivity contribution >= 4 is 24.2 Å². The van der Waals surface area contributed by atoms with E-state index in [1.54, 1.807) is 0 Å². The zero-order chi connectivity index (χ0) is 15.4. The molecule has 1 heterocycles. The summed E-state index contributed by atoms with van der Waals surface area (Å²) in [5, 5.41) is 3.25. The Bertz CT molecular complexity index is 378. The summed E-state index contributed by atoms with van der Waals surface area (Å²) in [5.74, 6) is 1.29. The van der Waals surface area contributed by atoms with Crippen LogP contribution in [0.5, 0.6) is 0 Å². The minimum atomic E-state index is 0. The molecule has 0 aromatic carbocycles. The van der Waals surface area contributed by atoms with Crippen LogP contribution in [-0.4, -0.2) is 60.9 Å². The van der Waals surface area contributed by atoms with Crippen LogP contribution >= 0.6 is 12.4 Å². The Morgan fingerprint density at radius 2 is 1.77 bits per heavy atom. The number of amides is 2. The highest BCUT2D eigenvalue weighted by atomic mass is 35.5. The molecule has 2 rings (SSSR count). The van der Waals surface area contributed by atoms with Gasteiger partial charge in [-0.05, 0) is 52.0 Å². The first-order valence-corrected chi connectivity index (χ1v) is 8.24. The minimum Gasteiger partial charge on any atom is -0.343 e. The SMILES string of the molecule is CC(C)N(C)C(=O)C1CCN(C(=O)CNCC2CC2)CC1.Cl. The molecule has 0 radical (unpaired) electrons. The number of rotatable bonds is 6. The van der Waals surface area contributed by atoms with Crippen molar-refractivity contribution in [1.82, 2.24) is 15.1 Å². The number of carbonyl (C=O) groups is 2. The highest BCUT2D eigenvalue weighted by Crippen LogP contribution is 2.27. The standard InChI is InChI=1S/C16H29N3O2.ClH/c1-12(2)18(3)16(21)14-6-8-19(9-7-14)15(20)11-17-10-13-4-5-13;/h12-14,17H,4-11H2,1-3H3;1H. The first-order valence-electron chi connectivity index (χ1n) is 8.24. The lowest BCUT2D eigenvalue weighted by Gasteiger charge is -2.34. The predicted octanol–water partition coefficient (Wildman–Crippen LogP) is 1.51. The Hall–Kier alpha value is -0.810. The van der Waals surface area contributed by atoms with Gasteiger partial charge in [-0.3, -0.25) is 9.59 Å². The van der Waals surface area contributed by atoms with Gasteiger partial charge in [-0.2, -0.15) is 0 Å². The fourth-order valence-corrected chi connectivity index (χ4v) is 2.74. The highest BCUT2D eigenvalue weighted by Gasteiger charge is 2.29. The summed E-state index contributed by atoms with van der Waals surface area (Å²) in [6, 6.07) is 0.240. The fourth-order valence-electron chi connectivity index (χ4n) is 2.74. The van der Waals surface area contributed by atoms with Crippen LogP contribution in [0.3, 0.4) is 0 Å². The molecular weight excluding hydrogens is 302 g/mol. The molecule has 2 fully saturated rings. The number of piperidine rings is 1. The quantitative estimate of drug-likeness (QED) is 0.802. The van der Waals surface area contributed by atoms with Crippen molar-refractivity contribution < 1.29 is 9.59 Å². The molecule has 0 aromatic rings. The summed E-state index contributed by atoms with van der Waals surface area (Å²) in [6.07, 6.45) is 4.20. The third-order valence-electron chi connectivity index (χ3n) is 4.73. The van der Waals surface area contributed by atoms with Gasteiger partial charge in [-0.25, -0.2) is 0 Å². The van der Waals surface area contributed by atoms with E-state index in [1.165, 1.54) is 12.8 Å². The lowest BCUT2D eigenvalue weighted by Crippen LogP contribution is -2.47. The van der Waals surface area contributed by atoms with Gasteiger partial charge >= 0.3 is 0 Å². The Kier molecular flexibility index (Phi) is 7.63. The second-order valence-electron chi connectivity index (χ2n) is 6.77. The van der Waals surface area contributed by atoms with Crippen LogP contribution in [0.2, 0.25) is 0 Å². The van der Waals surface area contributed by atoms with Crippen LogP contribution in [0.1, 0.15) is 39.5 Å². The van der Waals surface area contributed by atoms with Crippen LogP contribution < -0.4 is 5.32 Å². The van der Waals surface area contributed by atoms with Crippen molar-refractivity contribution in [3.05, 3.63) is 0 Å². The minimum absolute atomic E-state index is 0. The van der Waals surface area contributed by atoms with E-state index in [-0.39, 0.29) is 36.2 Å². The first-order chi connectivity index (χ1) is 9.99. The number of carbonyl (C=O) groups excluding carboxylic acids is 2. The molecule has 0 unspecified atom stereocenters. The van der Waals surface area contributed by atoms with Crippen molar-refractivity contribution in [2.75, 3.05) is 33.2 Å². The molecule has 1 saturated carbocycles. The maximum atomic E-state index is 12.3. The molecule has 1 aliphatic carbocycles. The Balaban J connectivity index is 0.00000242. The number of likely N-dealkylation sites (tertiary alicyclic amines) is 1. The molecule has 1 saturated heterocycles. The largest absolute Gasteiger partial charge is 0.343 e. The number of halogens is 1. The van der Waals surface area contributed by atoms with Gasteiger partial charge in [0.25, 0.3) is 0 Å². The van der Waals surface area contributed by atoms with Gasteiger partial charge in [-0.1, -0.05) is 0 Å². The van der Waals surface area contributed by atoms with E-state index in [9.17, 15) is 9.59 Å². The van der Waals surface area contributed by atoms with E-state index in [0.29, 0.717) is 19.6 Å². The molecule has 1 N–H and O–H groups in total. The summed E-state index contributed by atoms with van der Waals surface area (Å²) in [6.45, 7) is 6.91. The lowest BCUT2D eigenvalue weighted by molar-refractivity contribution is -0.140. The zero-order valence-electron chi connectivity index (χ0n) is 14.0. The second kappa shape index (κ2) is 8.73. The number of hydrogen-bond acceptors (Lipinski definition) is 3. The average Bonchev–Trinajstić information content (AvgIpc) is 3.30. The third-order valence-corrected chi connectivity index (χ3v) is 4.73. The molecule has 128 valence electrons. The Morgan fingerprint density at radius 1 is 1.18 bits per heavy atom. The smallest absolute Gasteiger partial charge is 0.236 e. The summed E-state index contributed by atoms with van der Waals surface area (Å²) in [5.41, 5.74) is 0. The van der Waals surface area contributed by atoms with Crippen molar-refractivity contribution in [2.45, 2.75) is 45.6 Å². The predicted molar refractivity (Wildman–Crippen MR) is 90.1 cm³/mol. The molecule has 5 nitrogen and oxygen atoms in total. The molecule has 0 atom stereocenters. The summed E-state index contributed by atoms with van der Waals surface area (Å²) in [7, 11) is 1.87. The monoisotopic (exact) mass is 331 g/mol. The van der Waals surface area contributed by atoms with Crippen molar-refractivity contribution in [3.8, 4) is 0 Å². The number of nitrogens with zero attached hydrogens (tertiary/aromatic N) is 2. The average molecular weight is 332 g/mol. The first kappa shape index (κ1) is 19.2. The molecule has 0 aromatic heterocycles. The zero-order valence-corrected chi connectivity index (χ0v) is 14.8. The summed E-state index contributed by atoms with van der Waals surface area (Å²) in [4.78, 5) is 28.1. The Labute approximate surface area is 140 Å². The van der Waals surface area contributed by atoms with Gasteiger partial charge in [-0.15, -0.1) is 12.4 Å². The van der Waals surface area contributed by atoms with E-state index in [2.05, 4.69) is 5.32 Å². The fraction of sp³-hybridized carbons (Fsp3) is 0.875. The van der Waals surface area contributed by atoms with E-state index in [0.717, 1.165) is 25.3 Å². The van der Waals surface area contributed by atoms with Crippen molar-refractivity contribution in [3.63, 3.8) is 0 Å². The third kappa shape index (κ3) is 5.43. The molecule has 6 heteroatoms. The molecule has 0 bridgehead atoms. The normalized spacial score (nSPS) is 19.0. The van der Waals surface area contributed by atoms with E-state index >= 15 is 0 Å². The topological polar surface area (TPSA) is 52.7 Å². The van der Waals surface area contributed by atoms with Gasteiger partial charge < -0.3 is 15.1 Å². The van der Waals surface area contributed by atoms with E-state index in [1.807, 2.05) is 30.7 Å². The Morgan fingerprint density at radius 3 is 2.27 bits per heavy atom. The van der Waals surface area contributed by atoms with Gasteiger partial charge in [0.2, 0.25) is 11.8 Å². The van der Waals surface area contributed by atoms with Gasteiger partial charge in [0, 0.05) is 32.1 Å². The van der Waals surface area contributed by atoms with Gasteiger partial charge in [0.1, 0.15) is 0 Å². The molecule has 2 aliphatic rings. The maximum Gasteiger partial charge on any atom is 0.236 e. The maximum absolute atomic E-state index is 12.3. The molecule has 22 heavy (non-hydrogen) atoms. The highest BCUT2D eigenvalue weighted by molar-refractivity contribution is 5.85. The van der Waals surface area contributed by atoms with Crippen molar-refractivity contribution in [1.29, 1.82) is 0 Å². The van der Waals surface area contributed by atoms with E-state index in [4.69, 9.17) is 0 Å². The van der Waals surface area contributed by atoms with Crippen LogP contribution in [0, 0.1) is 11.8 Å². The molecule has 0 spiro atoms. The number of hydrogen-bond donors (Lipinski definition) is 1. The van der Waals surface area contributed by atoms with Crippen LogP contribution in [0.25, 0.3) is 0 Å². The lowest BCUT2D eigenvalue weighted by atomic mass is 9.95. The van der Waals surface area contributed by atoms with Crippen LogP contribution in [0.15, 0.2) is 0 Å². The second-order valence-corrected chi connectivity index (χ2v) is 6.77. The van der Waals surface area contributed by atoms with Gasteiger partial charge in [0.05, 0.1) is 6.54 Å². The van der Waals surface area contributed by atoms with Crippen LogP contribution in [0.4, 0.5) is 0 Å². The summed E-state index contributed by atoms with van der Waals surface area (Å²) >= 11 is 0. The molecule has 1 aliphatic heterocycles.